The van der Waals surface area contributed by atoms with Crippen LogP contribution in [-0.2, 0) is 6.42 Å². The number of carbonyl (C=O) groups is 1. The SMILES string of the molecule is CCNC(C)(C)C(=O)c1ccccc1CC.Cl. The van der Waals surface area contributed by atoms with Crippen LogP contribution < -0.4 is 5.32 Å². The highest BCUT2D eigenvalue weighted by molar-refractivity contribution is 6.03. The average Bonchev–Trinajstić information content (AvgIpc) is 2.28. The minimum Gasteiger partial charge on any atom is -0.305 e. The predicted molar refractivity (Wildman–Crippen MR) is 75.2 cm³/mol. The third kappa shape index (κ3) is 3.83. The van der Waals surface area contributed by atoms with E-state index in [0.717, 1.165) is 24.1 Å². The molecule has 0 aliphatic rings. The Labute approximate surface area is 110 Å². The van der Waals surface area contributed by atoms with Gasteiger partial charge < -0.3 is 5.32 Å². The van der Waals surface area contributed by atoms with Crippen LogP contribution in [0.5, 0.6) is 0 Å². The molecule has 96 valence electrons. The first kappa shape index (κ1) is 16.1. The number of benzene rings is 1. The first-order valence-corrected chi connectivity index (χ1v) is 5.90. The van der Waals surface area contributed by atoms with Gasteiger partial charge in [-0.2, -0.15) is 0 Å². The van der Waals surface area contributed by atoms with Gasteiger partial charge in [-0.25, -0.2) is 0 Å². The molecule has 0 spiro atoms. The molecule has 2 nitrogen and oxygen atoms in total. The van der Waals surface area contributed by atoms with E-state index in [4.69, 9.17) is 0 Å². The third-order valence-electron chi connectivity index (χ3n) is 2.83. The van der Waals surface area contributed by atoms with Crippen molar-refractivity contribution in [2.24, 2.45) is 0 Å². The first-order chi connectivity index (χ1) is 7.53. The molecular formula is C14H22ClNO. The van der Waals surface area contributed by atoms with Gasteiger partial charge in [0.15, 0.2) is 5.78 Å². The standard InChI is InChI=1S/C14H21NO.ClH/c1-5-11-9-7-8-10-12(11)13(16)14(3,4)15-6-2;/h7-10,15H,5-6H2,1-4H3;1H. The van der Waals surface area contributed by atoms with Gasteiger partial charge in [0.2, 0.25) is 0 Å². The number of hydrogen-bond donors (Lipinski definition) is 1. The summed E-state index contributed by atoms with van der Waals surface area (Å²) in [5.74, 6) is 0.173. The highest BCUT2D eigenvalue weighted by Crippen LogP contribution is 2.17. The Morgan fingerprint density at radius 1 is 1.24 bits per heavy atom. The molecule has 3 heteroatoms. The van der Waals surface area contributed by atoms with E-state index in [-0.39, 0.29) is 18.2 Å². The molecular weight excluding hydrogens is 234 g/mol. The Morgan fingerprint density at radius 2 is 1.82 bits per heavy atom. The summed E-state index contributed by atoms with van der Waals surface area (Å²) in [6.07, 6.45) is 0.893. The number of ketones is 1. The van der Waals surface area contributed by atoms with E-state index < -0.39 is 5.54 Å². The zero-order valence-electron chi connectivity index (χ0n) is 11.0. The van der Waals surface area contributed by atoms with Gasteiger partial charge >= 0.3 is 0 Å². The second-order valence-electron chi connectivity index (χ2n) is 4.50. The van der Waals surface area contributed by atoms with Crippen molar-refractivity contribution in [1.82, 2.24) is 5.32 Å². The Bertz CT molecular complexity index is 374. The molecule has 0 fully saturated rings. The maximum atomic E-state index is 12.4. The first-order valence-electron chi connectivity index (χ1n) is 5.90. The molecule has 0 bridgehead atoms. The Balaban J connectivity index is 0.00000256. The van der Waals surface area contributed by atoms with Gasteiger partial charge in [-0.15, -0.1) is 12.4 Å². The largest absolute Gasteiger partial charge is 0.305 e. The lowest BCUT2D eigenvalue weighted by atomic mass is 9.89. The quantitative estimate of drug-likeness (QED) is 0.819. The molecule has 1 aromatic carbocycles. The number of rotatable bonds is 5. The van der Waals surface area contributed by atoms with E-state index in [1.54, 1.807) is 0 Å². The zero-order chi connectivity index (χ0) is 12.2. The van der Waals surface area contributed by atoms with Crippen LogP contribution in [0.3, 0.4) is 0 Å². The Hall–Kier alpha value is -0.860. The summed E-state index contributed by atoms with van der Waals surface area (Å²) in [5, 5.41) is 3.22. The molecule has 0 atom stereocenters. The lowest BCUT2D eigenvalue weighted by molar-refractivity contribution is 0.0883. The Kier molecular flexibility index (Phi) is 6.43. The van der Waals surface area contributed by atoms with Crippen LogP contribution in [0.25, 0.3) is 0 Å². The number of hydrogen-bond acceptors (Lipinski definition) is 2. The second-order valence-corrected chi connectivity index (χ2v) is 4.50. The zero-order valence-corrected chi connectivity index (χ0v) is 11.9. The highest BCUT2D eigenvalue weighted by atomic mass is 35.5. The predicted octanol–water partition coefficient (Wildman–Crippen LogP) is 3.24. The average molecular weight is 256 g/mol. The van der Waals surface area contributed by atoms with Crippen molar-refractivity contribution < 1.29 is 4.79 Å². The van der Waals surface area contributed by atoms with Crippen molar-refractivity contribution in [3.8, 4) is 0 Å². The molecule has 1 N–H and O–H groups in total. The van der Waals surface area contributed by atoms with Gasteiger partial charge in [0.1, 0.15) is 0 Å². The normalized spacial score (nSPS) is 10.8. The highest BCUT2D eigenvalue weighted by Gasteiger charge is 2.28. The van der Waals surface area contributed by atoms with E-state index in [0.29, 0.717) is 0 Å². The molecule has 0 saturated heterocycles. The van der Waals surface area contributed by atoms with Crippen LogP contribution in [0.1, 0.15) is 43.6 Å². The maximum Gasteiger partial charge on any atom is 0.182 e. The van der Waals surface area contributed by atoms with Crippen LogP contribution in [0.2, 0.25) is 0 Å². The third-order valence-corrected chi connectivity index (χ3v) is 2.83. The molecule has 0 unspecified atom stereocenters. The van der Waals surface area contributed by atoms with Gasteiger partial charge in [0, 0.05) is 5.56 Å². The van der Waals surface area contributed by atoms with Gasteiger partial charge in [-0.05, 0) is 32.4 Å². The fourth-order valence-electron chi connectivity index (χ4n) is 1.91. The van der Waals surface area contributed by atoms with Crippen LogP contribution in [-0.4, -0.2) is 17.9 Å². The lowest BCUT2D eigenvalue weighted by Gasteiger charge is -2.25. The Morgan fingerprint density at radius 3 is 2.35 bits per heavy atom. The smallest absolute Gasteiger partial charge is 0.182 e. The van der Waals surface area contributed by atoms with Gasteiger partial charge in [0.05, 0.1) is 5.54 Å². The lowest BCUT2D eigenvalue weighted by Crippen LogP contribution is -2.46. The molecule has 0 amide bonds. The summed E-state index contributed by atoms with van der Waals surface area (Å²) in [4.78, 5) is 12.4. The summed E-state index contributed by atoms with van der Waals surface area (Å²) < 4.78 is 0. The molecule has 0 aliphatic carbocycles. The fraction of sp³-hybridized carbons (Fsp3) is 0.500. The number of Topliss-reactive ketones (excluding diaryl/α,β-unsaturated/α-hetero) is 1. The summed E-state index contributed by atoms with van der Waals surface area (Å²) in [6.45, 7) is 8.76. The van der Waals surface area contributed by atoms with E-state index in [1.165, 1.54) is 0 Å². The summed E-state index contributed by atoms with van der Waals surface area (Å²) in [6, 6.07) is 7.85. The van der Waals surface area contributed by atoms with Crippen molar-refractivity contribution in [2.45, 2.75) is 39.7 Å². The maximum absolute atomic E-state index is 12.4. The van der Waals surface area contributed by atoms with Crippen molar-refractivity contribution in [3.05, 3.63) is 35.4 Å². The minimum atomic E-state index is -0.486. The van der Waals surface area contributed by atoms with Crippen molar-refractivity contribution in [2.75, 3.05) is 6.54 Å². The molecule has 0 aliphatic heterocycles. The van der Waals surface area contributed by atoms with E-state index >= 15 is 0 Å². The monoisotopic (exact) mass is 255 g/mol. The number of aryl methyl sites for hydroxylation is 1. The van der Waals surface area contributed by atoms with Gasteiger partial charge in [0.25, 0.3) is 0 Å². The van der Waals surface area contributed by atoms with Crippen molar-refractivity contribution in [1.29, 1.82) is 0 Å². The van der Waals surface area contributed by atoms with Crippen LogP contribution >= 0.6 is 12.4 Å². The van der Waals surface area contributed by atoms with E-state index in [9.17, 15) is 4.79 Å². The molecule has 0 radical (unpaired) electrons. The van der Waals surface area contributed by atoms with Crippen molar-refractivity contribution >= 4 is 18.2 Å². The molecule has 0 heterocycles. The van der Waals surface area contributed by atoms with E-state index in [1.807, 2.05) is 45.0 Å². The number of nitrogens with one attached hydrogen (secondary N) is 1. The topological polar surface area (TPSA) is 29.1 Å². The molecule has 0 saturated carbocycles. The second kappa shape index (κ2) is 6.77. The summed E-state index contributed by atoms with van der Waals surface area (Å²) in [5.41, 5.74) is 1.48. The number of carbonyl (C=O) groups excluding carboxylic acids is 1. The summed E-state index contributed by atoms with van der Waals surface area (Å²) >= 11 is 0. The molecule has 17 heavy (non-hydrogen) atoms. The number of halogens is 1. The van der Waals surface area contributed by atoms with Gasteiger partial charge in [-0.1, -0.05) is 38.1 Å². The minimum absolute atomic E-state index is 0. The van der Waals surface area contributed by atoms with E-state index in [2.05, 4.69) is 12.2 Å². The van der Waals surface area contributed by atoms with Gasteiger partial charge in [-0.3, -0.25) is 4.79 Å². The molecule has 1 aromatic rings. The summed E-state index contributed by atoms with van der Waals surface area (Å²) in [7, 11) is 0. The molecule has 0 aromatic heterocycles. The van der Waals surface area contributed by atoms with Crippen molar-refractivity contribution in [3.63, 3.8) is 0 Å². The van der Waals surface area contributed by atoms with Crippen LogP contribution in [0.4, 0.5) is 0 Å². The van der Waals surface area contributed by atoms with Crippen LogP contribution in [0, 0.1) is 0 Å². The number of likely N-dealkylation sites (N-methyl/N-ethyl adjacent to an activating group) is 1. The van der Waals surface area contributed by atoms with Crippen LogP contribution in [0.15, 0.2) is 24.3 Å². The molecule has 1 rings (SSSR count). The fourth-order valence-corrected chi connectivity index (χ4v) is 1.91.